The highest BCUT2D eigenvalue weighted by atomic mass is 19.1. The maximum atomic E-state index is 14.4. The van der Waals surface area contributed by atoms with Crippen LogP contribution in [0.1, 0.15) is 15.9 Å². The number of rotatable bonds is 2. The molecule has 0 aliphatic heterocycles. The molecule has 0 aliphatic carbocycles. The lowest BCUT2D eigenvalue weighted by Crippen LogP contribution is -2.03. The van der Waals surface area contributed by atoms with E-state index in [-0.39, 0.29) is 5.82 Å². The highest BCUT2D eigenvalue weighted by Gasteiger charge is 2.16. The van der Waals surface area contributed by atoms with Crippen molar-refractivity contribution in [2.75, 3.05) is 12.8 Å². The van der Waals surface area contributed by atoms with Gasteiger partial charge >= 0.3 is 5.97 Å². The molecule has 0 bridgehead atoms. The Bertz CT molecular complexity index is 902. The minimum atomic E-state index is -0.487. The van der Waals surface area contributed by atoms with Crippen LogP contribution in [-0.2, 0) is 4.74 Å². The van der Waals surface area contributed by atoms with E-state index in [4.69, 9.17) is 10.5 Å². The Labute approximate surface area is 132 Å². The van der Waals surface area contributed by atoms with Crippen molar-refractivity contribution in [2.24, 2.45) is 0 Å². The first-order valence-corrected chi connectivity index (χ1v) is 7.04. The van der Waals surface area contributed by atoms with E-state index in [0.717, 1.165) is 10.9 Å². The van der Waals surface area contributed by atoms with Gasteiger partial charge in [0.1, 0.15) is 11.6 Å². The summed E-state index contributed by atoms with van der Waals surface area (Å²) in [7, 11) is 1.31. The number of halogens is 1. The summed E-state index contributed by atoms with van der Waals surface area (Å²) in [6.45, 7) is 1.82. The van der Waals surface area contributed by atoms with Gasteiger partial charge in [0.05, 0.1) is 12.7 Å². The standard InChI is InChI=1S/C18H15FN2O2/c1-10-4-3-5-15(19)17(10)14-7-11(18(22)23-2)6-12-9-21-16(20)8-13(12)14/h3-9H,1-2H3,(H2,20,21). The summed E-state index contributed by atoms with van der Waals surface area (Å²) in [4.78, 5) is 16.0. The zero-order valence-corrected chi connectivity index (χ0v) is 12.8. The number of esters is 1. The number of nitrogens with two attached hydrogens (primary N) is 1. The molecule has 2 aromatic carbocycles. The van der Waals surface area contributed by atoms with E-state index in [1.807, 2.05) is 13.0 Å². The molecule has 1 aromatic heterocycles. The molecule has 0 radical (unpaired) electrons. The molecule has 5 heteroatoms. The van der Waals surface area contributed by atoms with Crippen LogP contribution in [0, 0.1) is 12.7 Å². The lowest BCUT2D eigenvalue weighted by molar-refractivity contribution is 0.0601. The Morgan fingerprint density at radius 1 is 1.26 bits per heavy atom. The fraction of sp³-hybridized carbons (Fsp3) is 0.111. The number of carbonyl (C=O) groups is 1. The van der Waals surface area contributed by atoms with Gasteiger partial charge in [-0.3, -0.25) is 0 Å². The average Bonchev–Trinajstić information content (AvgIpc) is 2.54. The fourth-order valence-electron chi connectivity index (χ4n) is 2.69. The van der Waals surface area contributed by atoms with Crippen molar-refractivity contribution in [1.82, 2.24) is 4.98 Å². The lowest BCUT2D eigenvalue weighted by atomic mass is 9.93. The maximum absolute atomic E-state index is 14.4. The fourth-order valence-corrected chi connectivity index (χ4v) is 2.69. The Hall–Kier alpha value is -2.95. The van der Waals surface area contributed by atoms with E-state index in [1.54, 1.807) is 30.5 Å². The molecule has 0 amide bonds. The molecule has 0 aliphatic rings. The molecular weight excluding hydrogens is 295 g/mol. The van der Waals surface area contributed by atoms with Crippen molar-refractivity contribution in [3.05, 3.63) is 59.5 Å². The minimum absolute atomic E-state index is 0.332. The van der Waals surface area contributed by atoms with E-state index in [2.05, 4.69) is 4.98 Å². The number of ether oxygens (including phenoxy) is 1. The monoisotopic (exact) mass is 310 g/mol. The number of benzene rings is 2. The Morgan fingerprint density at radius 3 is 2.74 bits per heavy atom. The lowest BCUT2D eigenvalue weighted by Gasteiger charge is -2.13. The maximum Gasteiger partial charge on any atom is 0.337 e. The van der Waals surface area contributed by atoms with E-state index >= 15 is 0 Å². The molecule has 3 rings (SSSR count). The molecule has 3 aromatic rings. The molecular formula is C18H15FN2O2. The number of aryl methyl sites for hydroxylation is 1. The molecule has 0 spiro atoms. The number of hydrogen-bond acceptors (Lipinski definition) is 4. The smallest absolute Gasteiger partial charge is 0.337 e. The highest BCUT2D eigenvalue weighted by Crippen LogP contribution is 2.34. The predicted molar refractivity (Wildman–Crippen MR) is 87.6 cm³/mol. The van der Waals surface area contributed by atoms with Crippen LogP contribution in [0.4, 0.5) is 10.2 Å². The van der Waals surface area contributed by atoms with Gasteiger partial charge in [-0.2, -0.15) is 0 Å². The van der Waals surface area contributed by atoms with Crippen LogP contribution >= 0.6 is 0 Å². The summed E-state index contributed by atoms with van der Waals surface area (Å²) in [6, 6.07) is 9.82. The van der Waals surface area contributed by atoms with E-state index in [1.165, 1.54) is 13.2 Å². The molecule has 23 heavy (non-hydrogen) atoms. The van der Waals surface area contributed by atoms with Gasteiger partial charge in [0, 0.05) is 17.1 Å². The molecule has 0 unspecified atom stereocenters. The summed E-state index contributed by atoms with van der Waals surface area (Å²) < 4.78 is 19.2. The van der Waals surface area contributed by atoms with Crippen molar-refractivity contribution in [1.29, 1.82) is 0 Å². The number of pyridine rings is 1. The molecule has 2 N–H and O–H groups in total. The number of methoxy groups -OCH3 is 1. The Balaban J connectivity index is 2.42. The third-order valence-corrected chi connectivity index (χ3v) is 3.77. The normalized spacial score (nSPS) is 10.7. The largest absolute Gasteiger partial charge is 0.465 e. The molecule has 116 valence electrons. The van der Waals surface area contributed by atoms with Gasteiger partial charge in [0.15, 0.2) is 0 Å². The number of anilines is 1. The van der Waals surface area contributed by atoms with Gasteiger partial charge in [0.2, 0.25) is 0 Å². The number of aromatic nitrogens is 1. The van der Waals surface area contributed by atoms with Crippen molar-refractivity contribution in [3.63, 3.8) is 0 Å². The van der Waals surface area contributed by atoms with Gasteiger partial charge in [-0.1, -0.05) is 12.1 Å². The zero-order valence-electron chi connectivity index (χ0n) is 12.8. The van der Waals surface area contributed by atoms with Gasteiger partial charge in [0.25, 0.3) is 0 Å². The summed E-state index contributed by atoms with van der Waals surface area (Å²) in [6.07, 6.45) is 1.57. The molecule has 0 saturated carbocycles. The van der Waals surface area contributed by atoms with Crippen LogP contribution < -0.4 is 5.73 Å². The van der Waals surface area contributed by atoms with E-state index in [0.29, 0.717) is 27.9 Å². The summed E-state index contributed by atoms with van der Waals surface area (Å²) in [5.41, 5.74) is 7.91. The minimum Gasteiger partial charge on any atom is -0.465 e. The van der Waals surface area contributed by atoms with Crippen molar-refractivity contribution >= 4 is 22.6 Å². The quantitative estimate of drug-likeness (QED) is 0.733. The van der Waals surface area contributed by atoms with Gasteiger partial charge in [-0.05, 0) is 47.7 Å². The molecule has 0 saturated heterocycles. The third kappa shape index (κ3) is 2.61. The first-order valence-electron chi connectivity index (χ1n) is 7.04. The summed E-state index contributed by atoms with van der Waals surface area (Å²) in [5, 5.41) is 1.43. The molecule has 4 nitrogen and oxygen atoms in total. The third-order valence-electron chi connectivity index (χ3n) is 3.77. The van der Waals surface area contributed by atoms with Crippen molar-refractivity contribution in [3.8, 4) is 11.1 Å². The van der Waals surface area contributed by atoms with Crippen LogP contribution in [0.2, 0.25) is 0 Å². The van der Waals surface area contributed by atoms with Crippen LogP contribution in [-0.4, -0.2) is 18.1 Å². The average molecular weight is 310 g/mol. The van der Waals surface area contributed by atoms with Gasteiger partial charge in [-0.15, -0.1) is 0 Å². The number of fused-ring (bicyclic) bond motifs is 1. The van der Waals surface area contributed by atoms with E-state index < -0.39 is 5.97 Å². The zero-order chi connectivity index (χ0) is 16.6. The Kier molecular flexibility index (Phi) is 3.70. The molecule has 1 heterocycles. The van der Waals surface area contributed by atoms with Crippen molar-refractivity contribution < 1.29 is 13.9 Å². The number of hydrogen-bond donors (Lipinski definition) is 1. The molecule has 0 atom stereocenters. The van der Waals surface area contributed by atoms with Crippen LogP contribution in [0.5, 0.6) is 0 Å². The van der Waals surface area contributed by atoms with Gasteiger partial charge < -0.3 is 10.5 Å². The number of carbonyl (C=O) groups excluding carboxylic acids is 1. The van der Waals surface area contributed by atoms with Crippen molar-refractivity contribution in [2.45, 2.75) is 6.92 Å². The SMILES string of the molecule is COC(=O)c1cc(-c2c(C)cccc2F)c2cc(N)ncc2c1. The van der Waals surface area contributed by atoms with Crippen LogP contribution in [0.3, 0.4) is 0 Å². The number of nitrogens with zero attached hydrogens (tertiary/aromatic N) is 1. The van der Waals surface area contributed by atoms with E-state index in [9.17, 15) is 9.18 Å². The number of nitrogen functional groups attached to an aromatic ring is 1. The first kappa shape index (κ1) is 15.0. The first-order chi connectivity index (χ1) is 11.0. The topological polar surface area (TPSA) is 65.2 Å². The summed E-state index contributed by atoms with van der Waals surface area (Å²) >= 11 is 0. The highest BCUT2D eigenvalue weighted by molar-refractivity contribution is 6.04. The second-order valence-corrected chi connectivity index (χ2v) is 5.28. The second-order valence-electron chi connectivity index (χ2n) is 5.28. The second kappa shape index (κ2) is 5.68. The predicted octanol–water partition coefficient (Wildman–Crippen LogP) is 3.72. The van der Waals surface area contributed by atoms with Crippen LogP contribution in [0.15, 0.2) is 42.6 Å². The molecule has 0 fully saturated rings. The van der Waals surface area contributed by atoms with Gasteiger partial charge in [-0.25, -0.2) is 14.2 Å². The Morgan fingerprint density at radius 2 is 2.04 bits per heavy atom. The summed E-state index contributed by atoms with van der Waals surface area (Å²) in [5.74, 6) is -0.513. The van der Waals surface area contributed by atoms with Crippen LogP contribution in [0.25, 0.3) is 21.9 Å².